The molecule has 1 aromatic carbocycles. The topological polar surface area (TPSA) is 94.1 Å². The van der Waals surface area contributed by atoms with E-state index in [0.29, 0.717) is 26.7 Å². The van der Waals surface area contributed by atoms with Crippen molar-refractivity contribution in [3.05, 3.63) is 53.2 Å². The number of amides is 1. The highest BCUT2D eigenvalue weighted by Crippen LogP contribution is 2.32. The Balaban J connectivity index is 1.68. The molecule has 0 atom stereocenters. The van der Waals surface area contributed by atoms with Gasteiger partial charge in [0.05, 0.1) is 17.9 Å². The van der Waals surface area contributed by atoms with Crippen LogP contribution in [0.2, 0.25) is 0 Å². The molecule has 0 unspecified atom stereocenters. The molecule has 1 amide bonds. The fourth-order valence-electron chi connectivity index (χ4n) is 2.47. The van der Waals surface area contributed by atoms with Gasteiger partial charge in [-0.25, -0.2) is 4.98 Å². The monoisotopic (exact) mass is 460 g/mol. The number of nitrogens with zero attached hydrogens (tertiary/aromatic N) is 3. The van der Waals surface area contributed by atoms with Crippen molar-refractivity contribution in [2.24, 2.45) is 0 Å². The molecule has 0 spiro atoms. The lowest BCUT2D eigenvalue weighted by Crippen LogP contribution is -2.13. The maximum Gasteiger partial charge on any atom is 0.316 e. The standard InChI is InChI=1S/C20H20N4O3S3/c1-4-27-16(25)11-28-20-24-23-19(30-20)22-17(26)14-6-5-9-21-18(14)29-15-8-7-12(2)10-13(15)3/h5-10H,4,11H2,1-3H3,(H,22,23,26). The number of ether oxygens (including phenoxy) is 1. The van der Waals surface area contributed by atoms with Gasteiger partial charge in [-0.05, 0) is 44.5 Å². The zero-order valence-corrected chi connectivity index (χ0v) is 19.1. The van der Waals surface area contributed by atoms with E-state index < -0.39 is 0 Å². The van der Waals surface area contributed by atoms with Crippen molar-refractivity contribution in [1.82, 2.24) is 15.2 Å². The molecule has 30 heavy (non-hydrogen) atoms. The normalized spacial score (nSPS) is 10.6. The van der Waals surface area contributed by atoms with Crippen LogP contribution in [0.25, 0.3) is 0 Å². The molecule has 0 radical (unpaired) electrons. The summed E-state index contributed by atoms with van der Waals surface area (Å²) in [6.45, 7) is 6.17. The minimum atomic E-state index is -0.313. The Kier molecular flexibility index (Phi) is 7.83. The van der Waals surface area contributed by atoms with Gasteiger partial charge in [-0.2, -0.15) is 0 Å². The fourth-order valence-corrected chi connectivity index (χ4v) is 4.96. The first-order valence-corrected chi connectivity index (χ1v) is 11.7. The highest BCUT2D eigenvalue weighted by Gasteiger charge is 2.17. The van der Waals surface area contributed by atoms with E-state index in [-0.39, 0.29) is 17.6 Å². The van der Waals surface area contributed by atoms with E-state index in [9.17, 15) is 9.59 Å². The van der Waals surface area contributed by atoms with Gasteiger partial charge in [0.1, 0.15) is 5.03 Å². The van der Waals surface area contributed by atoms with Crippen LogP contribution in [-0.4, -0.2) is 39.4 Å². The van der Waals surface area contributed by atoms with Crippen LogP contribution in [0.3, 0.4) is 0 Å². The van der Waals surface area contributed by atoms with Crippen molar-refractivity contribution in [2.75, 3.05) is 17.7 Å². The van der Waals surface area contributed by atoms with Crippen molar-refractivity contribution < 1.29 is 14.3 Å². The lowest BCUT2D eigenvalue weighted by Gasteiger charge is -2.09. The average Bonchev–Trinajstić information content (AvgIpc) is 3.16. The zero-order valence-electron chi connectivity index (χ0n) is 16.7. The number of hydrogen-bond donors (Lipinski definition) is 1. The number of esters is 1. The molecule has 2 heterocycles. The molecular weight excluding hydrogens is 440 g/mol. The third-order valence-electron chi connectivity index (χ3n) is 3.80. The molecule has 1 N–H and O–H groups in total. The van der Waals surface area contributed by atoms with Crippen LogP contribution >= 0.6 is 34.9 Å². The molecule has 3 aromatic rings. The van der Waals surface area contributed by atoms with Crippen LogP contribution in [0.1, 0.15) is 28.4 Å². The Bertz CT molecular complexity index is 1060. The van der Waals surface area contributed by atoms with Crippen molar-refractivity contribution in [2.45, 2.75) is 35.0 Å². The smallest absolute Gasteiger partial charge is 0.316 e. The number of thioether (sulfide) groups is 1. The SMILES string of the molecule is CCOC(=O)CSc1nnc(NC(=O)c2cccnc2Sc2ccc(C)cc2C)s1. The Morgan fingerprint density at radius 1 is 1.20 bits per heavy atom. The van der Waals surface area contributed by atoms with Crippen LogP contribution in [0.15, 0.2) is 50.8 Å². The Labute approximate surface area is 187 Å². The summed E-state index contributed by atoms with van der Waals surface area (Å²) in [7, 11) is 0. The Morgan fingerprint density at radius 3 is 2.80 bits per heavy atom. The second-order valence-electron chi connectivity index (χ2n) is 6.15. The van der Waals surface area contributed by atoms with Gasteiger partial charge in [0.25, 0.3) is 5.91 Å². The van der Waals surface area contributed by atoms with Crippen molar-refractivity contribution in [3.63, 3.8) is 0 Å². The van der Waals surface area contributed by atoms with Gasteiger partial charge in [-0.15, -0.1) is 10.2 Å². The summed E-state index contributed by atoms with van der Waals surface area (Å²) in [5.74, 6) is -0.476. The molecular formula is C20H20N4O3S3. The molecule has 0 aliphatic heterocycles. The molecule has 0 aliphatic carbocycles. The van der Waals surface area contributed by atoms with Crippen LogP contribution in [0.5, 0.6) is 0 Å². The lowest BCUT2D eigenvalue weighted by atomic mass is 10.2. The van der Waals surface area contributed by atoms with E-state index in [0.717, 1.165) is 10.5 Å². The Hall–Kier alpha value is -2.43. The minimum absolute atomic E-state index is 0.149. The predicted octanol–water partition coefficient (Wildman–Crippen LogP) is 4.61. The summed E-state index contributed by atoms with van der Waals surface area (Å²) in [5.41, 5.74) is 2.77. The van der Waals surface area contributed by atoms with E-state index >= 15 is 0 Å². The highest BCUT2D eigenvalue weighted by atomic mass is 32.2. The summed E-state index contributed by atoms with van der Waals surface area (Å²) in [6, 6.07) is 9.62. The lowest BCUT2D eigenvalue weighted by molar-refractivity contribution is -0.139. The van der Waals surface area contributed by atoms with Gasteiger partial charge in [0.15, 0.2) is 4.34 Å². The van der Waals surface area contributed by atoms with E-state index in [2.05, 4.69) is 26.6 Å². The summed E-state index contributed by atoms with van der Waals surface area (Å²) in [4.78, 5) is 29.7. The molecule has 156 valence electrons. The van der Waals surface area contributed by atoms with E-state index in [1.165, 1.54) is 40.4 Å². The summed E-state index contributed by atoms with van der Waals surface area (Å²) in [5, 5.41) is 11.7. The summed E-state index contributed by atoms with van der Waals surface area (Å²) in [6.07, 6.45) is 1.66. The maximum absolute atomic E-state index is 12.8. The molecule has 2 aromatic heterocycles. The molecule has 0 saturated carbocycles. The number of pyridine rings is 1. The molecule has 7 nitrogen and oxygen atoms in total. The first-order chi connectivity index (χ1) is 14.5. The minimum Gasteiger partial charge on any atom is -0.465 e. The van der Waals surface area contributed by atoms with Gasteiger partial charge in [0.2, 0.25) is 5.13 Å². The number of nitrogens with one attached hydrogen (secondary N) is 1. The first kappa shape index (κ1) is 22.3. The van der Waals surface area contributed by atoms with Crippen LogP contribution in [-0.2, 0) is 9.53 Å². The number of carbonyl (C=O) groups is 2. The van der Waals surface area contributed by atoms with E-state index in [1.54, 1.807) is 25.3 Å². The van der Waals surface area contributed by atoms with Crippen molar-refractivity contribution in [3.8, 4) is 0 Å². The summed E-state index contributed by atoms with van der Waals surface area (Å²) >= 11 is 3.88. The van der Waals surface area contributed by atoms with Gasteiger partial charge >= 0.3 is 5.97 Å². The fraction of sp³-hybridized carbons (Fsp3) is 0.250. The van der Waals surface area contributed by atoms with Crippen LogP contribution in [0, 0.1) is 13.8 Å². The maximum atomic E-state index is 12.8. The largest absolute Gasteiger partial charge is 0.465 e. The third kappa shape index (κ3) is 6.04. The first-order valence-electron chi connectivity index (χ1n) is 9.09. The second kappa shape index (κ2) is 10.6. The number of carbonyl (C=O) groups excluding carboxylic acids is 2. The second-order valence-corrected chi connectivity index (χ2v) is 9.38. The van der Waals surface area contributed by atoms with Gasteiger partial charge in [-0.3, -0.25) is 14.9 Å². The third-order valence-corrected chi connectivity index (χ3v) is 6.94. The van der Waals surface area contributed by atoms with Gasteiger partial charge in [0, 0.05) is 11.1 Å². The number of anilines is 1. The quantitative estimate of drug-likeness (QED) is 0.296. The van der Waals surface area contributed by atoms with Gasteiger partial charge < -0.3 is 4.74 Å². The summed E-state index contributed by atoms with van der Waals surface area (Å²) < 4.78 is 5.47. The molecule has 0 aliphatic rings. The van der Waals surface area contributed by atoms with Crippen LogP contribution in [0.4, 0.5) is 5.13 Å². The predicted molar refractivity (Wildman–Crippen MR) is 119 cm³/mol. The Morgan fingerprint density at radius 2 is 2.03 bits per heavy atom. The molecule has 10 heteroatoms. The number of rotatable bonds is 8. The molecule has 0 fully saturated rings. The number of aromatic nitrogens is 3. The van der Waals surface area contributed by atoms with Crippen molar-refractivity contribution >= 4 is 51.9 Å². The van der Waals surface area contributed by atoms with Gasteiger partial charge in [-0.1, -0.05) is 52.6 Å². The number of hydrogen-bond acceptors (Lipinski definition) is 9. The number of benzene rings is 1. The van der Waals surface area contributed by atoms with Crippen molar-refractivity contribution in [1.29, 1.82) is 0 Å². The molecule has 0 saturated heterocycles. The molecule has 3 rings (SSSR count). The highest BCUT2D eigenvalue weighted by molar-refractivity contribution is 8.01. The molecule has 0 bridgehead atoms. The van der Waals surface area contributed by atoms with E-state index in [1.807, 2.05) is 26.0 Å². The zero-order chi connectivity index (χ0) is 21.5. The van der Waals surface area contributed by atoms with Crippen LogP contribution < -0.4 is 5.32 Å². The number of aryl methyl sites for hydroxylation is 2. The average molecular weight is 461 g/mol. The van der Waals surface area contributed by atoms with E-state index in [4.69, 9.17) is 4.74 Å².